The Hall–Kier alpha value is -3.53. The molecule has 2 aliphatic carbocycles. The SMILES string of the molecule is C[C@@H](OC(=O)Nc1ccc(-c2c(C#N)c3ccc(OCCF)cc3n2C2CCC2)cc1)C1CC1. The van der Waals surface area contributed by atoms with Gasteiger partial charge in [0.1, 0.15) is 31.2 Å². The number of nitrogens with zero attached hydrogens (tertiary/aromatic N) is 2. The van der Waals surface area contributed by atoms with Crippen molar-refractivity contribution in [2.24, 2.45) is 5.92 Å². The molecule has 176 valence electrons. The zero-order valence-corrected chi connectivity index (χ0v) is 19.2. The number of rotatable bonds is 8. The van der Waals surface area contributed by atoms with Crippen molar-refractivity contribution in [2.45, 2.75) is 51.2 Å². The van der Waals surface area contributed by atoms with Crippen LogP contribution < -0.4 is 10.1 Å². The second-order valence-corrected chi connectivity index (χ2v) is 9.16. The van der Waals surface area contributed by atoms with Gasteiger partial charge in [0.25, 0.3) is 0 Å². The molecule has 7 heteroatoms. The van der Waals surface area contributed by atoms with Crippen molar-refractivity contribution in [1.82, 2.24) is 4.57 Å². The second-order valence-electron chi connectivity index (χ2n) is 9.16. The van der Waals surface area contributed by atoms with Crippen LogP contribution >= 0.6 is 0 Å². The molecule has 1 amide bonds. The monoisotopic (exact) mass is 461 g/mol. The number of ether oxygens (including phenoxy) is 2. The summed E-state index contributed by atoms with van der Waals surface area (Å²) in [6.45, 7) is 1.38. The van der Waals surface area contributed by atoms with Gasteiger partial charge in [-0.2, -0.15) is 5.26 Å². The van der Waals surface area contributed by atoms with Crippen LogP contribution in [0.25, 0.3) is 22.2 Å². The number of carbonyl (C=O) groups is 1. The lowest BCUT2D eigenvalue weighted by molar-refractivity contribution is 0.108. The third kappa shape index (κ3) is 4.33. The van der Waals surface area contributed by atoms with Crippen molar-refractivity contribution in [1.29, 1.82) is 5.26 Å². The first-order chi connectivity index (χ1) is 16.6. The number of hydrogen-bond donors (Lipinski definition) is 1. The number of alkyl halides is 1. The summed E-state index contributed by atoms with van der Waals surface area (Å²) in [5.41, 5.74) is 3.94. The van der Waals surface area contributed by atoms with Gasteiger partial charge < -0.3 is 14.0 Å². The van der Waals surface area contributed by atoms with Crippen LogP contribution in [-0.4, -0.2) is 30.0 Å². The fourth-order valence-electron chi connectivity index (χ4n) is 4.65. The summed E-state index contributed by atoms with van der Waals surface area (Å²) in [5.74, 6) is 1.08. The molecule has 1 atom stereocenters. The zero-order chi connectivity index (χ0) is 23.7. The molecule has 3 aromatic rings. The lowest BCUT2D eigenvalue weighted by Crippen LogP contribution is -2.21. The number of nitriles is 1. The van der Waals surface area contributed by atoms with Gasteiger partial charge in [0, 0.05) is 23.2 Å². The molecule has 1 N–H and O–H groups in total. The number of carbonyl (C=O) groups excluding carboxylic acids is 1. The summed E-state index contributed by atoms with van der Waals surface area (Å²) >= 11 is 0. The maximum absolute atomic E-state index is 12.6. The molecule has 1 aromatic heterocycles. The van der Waals surface area contributed by atoms with E-state index < -0.39 is 12.8 Å². The maximum Gasteiger partial charge on any atom is 0.411 e. The van der Waals surface area contributed by atoms with E-state index in [1.165, 1.54) is 0 Å². The van der Waals surface area contributed by atoms with E-state index in [4.69, 9.17) is 9.47 Å². The first kappa shape index (κ1) is 22.3. The van der Waals surface area contributed by atoms with E-state index in [0.29, 0.717) is 29.0 Å². The lowest BCUT2D eigenvalue weighted by atomic mass is 9.92. The van der Waals surface area contributed by atoms with Gasteiger partial charge in [0.2, 0.25) is 0 Å². The highest BCUT2D eigenvalue weighted by atomic mass is 19.1. The predicted octanol–water partition coefficient (Wildman–Crippen LogP) is 6.60. The van der Waals surface area contributed by atoms with Gasteiger partial charge in [0.05, 0.1) is 16.8 Å². The van der Waals surface area contributed by atoms with Gasteiger partial charge in [-0.15, -0.1) is 0 Å². The third-order valence-corrected chi connectivity index (χ3v) is 6.86. The number of fused-ring (bicyclic) bond motifs is 1. The summed E-state index contributed by atoms with van der Waals surface area (Å²) in [6.07, 6.45) is 4.94. The number of nitrogens with one attached hydrogen (secondary N) is 1. The number of amides is 1. The molecule has 34 heavy (non-hydrogen) atoms. The van der Waals surface area contributed by atoms with Crippen LogP contribution in [0.2, 0.25) is 0 Å². The molecular formula is C27H28FN3O3. The quantitative estimate of drug-likeness (QED) is 0.410. The van der Waals surface area contributed by atoms with Gasteiger partial charge >= 0.3 is 6.09 Å². The molecule has 2 saturated carbocycles. The minimum absolute atomic E-state index is 0.00391. The normalized spacial score (nSPS) is 16.5. The van der Waals surface area contributed by atoms with Crippen molar-refractivity contribution in [3.63, 3.8) is 0 Å². The number of hydrogen-bond acceptors (Lipinski definition) is 4. The van der Waals surface area contributed by atoms with E-state index in [0.717, 1.165) is 54.3 Å². The molecule has 0 unspecified atom stereocenters. The molecule has 0 radical (unpaired) electrons. The molecule has 5 rings (SSSR count). The first-order valence-corrected chi connectivity index (χ1v) is 11.9. The van der Waals surface area contributed by atoms with Crippen LogP contribution in [0, 0.1) is 17.2 Å². The van der Waals surface area contributed by atoms with Crippen molar-refractivity contribution in [3.8, 4) is 23.1 Å². The highest BCUT2D eigenvalue weighted by molar-refractivity contribution is 5.96. The minimum Gasteiger partial charge on any atom is -0.491 e. The molecule has 0 spiro atoms. The van der Waals surface area contributed by atoms with Crippen LogP contribution in [-0.2, 0) is 4.74 Å². The smallest absolute Gasteiger partial charge is 0.411 e. The Kier molecular flexibility index (Phi) is 6.14. The average Bonchev–Trinajstić information content (AvgIpc) is 3.61. The molecule has 0 aliphatic heterocycles. The van der Waals surface area contributed by atoms with Gasteiger partial charge in [-0.3, -0.25) is 5.32 Å². The molecular weight excluding hydrogens is 433 g/mol. The molecule has 0 saturated heterocycles. The van der Waals surface area contributed by atoms with E-state index in [-0.39, 0.29) is 12.7 Å². The minimum atomic E-state index is -0.552. The Bertz CT molecular complexity index is 1240. The molecule has 6 nitrogen and oxygen atoms in total. The number of aromatic nitrogens is 1. The Morgan fingerprint density at radius 3 is 2.59 bits per heavy atom. The first-order valence-electron chi connectivity index (χ1n) is 11.9. The average molecular weight is 462 g/mol. The fraction of sp³-hybridized carbons (Fsp3) is 0.407. The van der Waals surface area contributed by atoms with E-state index >= 15 is 0 Å². The summed E-state index contributed by atoms with van der Waals surface area (Å²) in [7, 11) is 0. The molecule has 2 aliphatic rings. The second kappa shape index (κ2) is 9.38. The third-order valence-electron chi connectivity index (χ3n) is 6.86. The predicted molar refractivity (Wildman–Crippen MR) is 129 cm³/mol. The van der Waals surface area contributed by atoms with Crippen molar-refractivity contribution in [2.75, 3.05) is 18.6 Å². The maximum atomic E-state index is 12.6. The summed E-state index contributed by atoms with van der Waals surface area (Å²) < 4.78 is 25.8. The molecule has 2 aromatic carbocycles. The Balaban J connectivity index is 1.47. The van der Waals surface area contributed by atoms with Gasteiger partial charge in [0.15, 0.2) is 0 Å². The largest absolute Gasteiger partial charge is 0.491 e. The van der Waals surface area contributed by atoms with Crippen molar-refractivity contribution >= 4 is 22.7 Å². The molecule has 1 heterocycles. The van der Waals surface area contributed by atoms with Gasteiger partial charge in [-0.05, 0) is 74.8 Å². The van der Waals surface area contributed by atoms with E-state index in [1.807, 2.05) is 43.3 Å². The number of benzene rings is 2. The molecule has 2 fully saturated rings. The Morgan fingerprint density at radius 1 is 1.21 bits per heavy atom. The highest BCUT2D eigenvalue weighted by Gasteiger charge is 2.31. The Morgan fingerprint density at radius 2 is 1.97 bits per heavy atom. The summed E-state index contributed by atoms with van der Waals surface area (Å²) in [6, 6.07) is 15.8. The van der Waals surface area contributed by atoms with Crippen LogP contribution in [0.4, 0.5) is 14.9 Å². The van der Waals surface area contributed by atoms with Crippen LogP contribution in [0.1, 0.15) is 50.6 Å². The van der Waals surface area contributed by atoms with Crippen LogP contribution in [0.5, 0.6) is 5.75 Å². The number of halogens is 1. The van der Waals surface area contributed by atoms with Crippen LogP contribution in [0.3, 0.4) is 0 Å². The Labute approximate surface area is 198 Å². The summed E-state index contributed by atoms with van der Waals surface area (Å²) in [4.78, 5) is 12.2. The van der Waals surface area contributed by atoms with Gasteiger partial charge in [-0.25, -0.2) is 9.18 Å². The van der Waals surface area contributed by atoms with E-state index in [2.05, 4.69) is 16.0 Å². The van der Waals surface area contributed by atoms with E-state index in [9.17, 15) is 14.4 Å². The van der Waals surface area contributed by atoms with Crippen molar-refractivity contribution < 1.29 is 18.7 Å². The topological polar surface area (TPSA) is 76.3 Å². The molecule has 0 bridgehead atoms. The fourth-order valence-corrected chi connectivity index (χ4v) is 4.65. The van der Waals surface area contributed by atoms with Crippen molar-refractivity contribution in [3.05, 3.63) is 48.0 Å². The standard InChI is InChI=1S/C27H28FN3O3/c1-17(18-5-6-18)34-27(32)30-20-9-7-19(8-10-20)26-24(16-29)23-12-11-22(33-14-13-28)15-25(23)31(26)21-3-2-4-21/h7-12,15,17-18,21H,2-6,13-14H2,1H3,(H,30,32)/t17-/m1/s1. The lowest BCUT2D eigenvalue weighted by Gasteiger charge is -2.30. The van der Waals surface area contributed by atoms with Crippen LogP contribution in [0.15, 0.2) is 42.5 Å². The van der Waals surface area contributed by atoms with Gasteiger partial charge in [-0.1, -0.05) is 12.1 Å². The van der Waals surface area contributed by atoms with E-state index in [1.54, 1.807) is 6.07 Å². The zero-order valence-electron chi connectivity index (χ0n) is 19.2. The highest BCUT2D eigenvalue weighted by Crippen LogP contribution is 2.43. The summed E-state index contributed by atoms with van der Waals surface area (Å²) in [5, 5.41) is 13.7. The number of anilines is 1.